The number of hydrogen-bond donors (Lipinski definition) is 6. The third-order valence-electron chi connectivity index (χ3n) is 5.83. The molecule has 0 bridgehead atoms. The second-order valence-electron chi connectivity index (χ2n) is 8.64. The Morgan fingerprint density at radius 3 is 2.47 bits per heavy atom. The maximum atomic E-state index is 12.9. The number of carbonyl (C=O) groups excluding carboxylic acids is 3. The molecule has 1 aliphatic rings. The molecule has 0 aliphatic carbocycles. The minimum Gasteiger partial charge on any atom is -0.508 e. The molecule has 1 saturated heterocycles. The normalized spacial score (nSPS) is 21.9. The molecule has 1 fully saturated rings. The van der Waals surface area contributed by atoms with Crippen LogP contribution in [0.4, 0.5) is 0 Å². The molecular weight excluding hydrogens is 434 g/mol. The molecule has 182 valence electrons. The molecule has 7 N–H and O–H groups in total. The molecule has 4 atom stereocenters. The van der Waals surface area contributed by atoms with Gasteiger partial charge in [0.05, 0.1) is 12.1 Å². The Balaban J connectivity index is 1.54. The Bertz CT molecular complexity index is 967. The van der Waals surface area contributed by atoms with E-state index in [0.717, 1.165) is 11.1 Å². The number of aromatic hydroxyl groups is 1. The number of rotatable bonds is 8. The van der Waals surface area contributed by atoms with E-state index in [1.54, 1.807) is 31.2 Å². The molecule has 1 aliphatic heterocycles. The van der Waals surface area contributed by atoms with Gasteiger partial charge in [0.2, 0.25) is 17.7 Å². The molecule has 0 spiro atoms. The average molecular weight is 468 g/mol. The van der Waals surface area contributed by atoms with Crippen molar-refractivity contribution in [1.29, 1.82) is 0 Å². The van der Waals surface area contributed by atoms with Crippen LogP contribution in [0.5, 0.6) is 5.75 Å². The number of phenolic OH excluding ortho intramolecular Hbond substituents is 1. The molecule has 34 heavy (non-hydrogen) atoms. The Labute approximate surface area is 199 Å². The quantitative estimate of drug-likeness (QED) is 0.322. The molecule has 3 amide bonds. The van der Waals surface area contributed by atoms with Crippen LogP contribution in [0, 0.1) is 0 Å². The fraction of sp³-hybridized carbons (Fsp3) is 0.400. The lowest BCUT2D eigenvalue weighted by Crippen LogP contribution is -2.52. The predicted octanol–water partition coefficient (Wildman–Crippen LogP) is -0.0277. The van der Waals surface area contributed by atoms with Gasteiger partial charge < -0.3 is 32.1 Å². The van der Waals surface area contributed by atoms with Gasteiger partial charge in [-0.25, -0.2) is 0 Å². The highest BCUT2D eigenvalue weighted by Gasteiger charge is 2.28. The summed E-state index contributed by atoms with van der Waals surface area (Å²) in [6.45, 7) is 2.41. The maximum Gasteiger partial charge on any atom is 0.242 e. The minimum atomic E-state index is -0.776. The molecule has 0 radical (unpaired) electrons. The van der Waals surface area contributed by atoms with Crippen LogP contribution in [0.25, 0.3) is 0 Å². The van der Waals surface area contributed by atoms with Crippen LogP contribution in [0.15, 0.2) is 54.6 Å². The Morgan fingerprint density at radius 2 is 1.76 bits per heavy atom. The van der Waals surface area contributed by atoms with Crippen molar-refractivity contribution in [3.05, 3.63) is 65.7 Å². The molecule has 0 unspecified atom stereocenters. The van der Waals surface area contributed by atoms with E-state index >= 15 is 0 Å². The lowest BCUT2D eigenvalue weighted by Gasteiger charge is -2.22. The fourth-order valence-electron chi connectivity index (χ4n) is 3.80. The van der Waals surface area contributed by atoms with E-state index in [0.29, 0.717) is 19.4 Å². The number of phenols is 1. The standard InChI is InChI=1S/C25H33N5O4/c1-16-23(32)30-22(25(34)29-19(15-28-16)13-17-5-3-2-4-6-17)11-12-27-24(33)21(26)14-18-7-9-20(31)10-8-18/h2-10,16,19,21-22,28,31H,11-15,26H2,1H3,(H,27,33)(H,29,34)(H,30,32)/t16-,19-,21-,22+/m0/s1. The number of nitrogens with two attached hydrogens (primary N) is 1. The Hall–Kier alpha value is -3.43. The smallest absolute Gasteiger partial charge is 0.242 e. The summed E-state index contributed by atoms with van der Waals surface area (Å²) in [6.07, 6.45) is 1.19. The third kappa shape index (κ3) is 7.57. The van der Waals surface area contributed by atoms with Gasteiger partial charge in [0, 0.05) is 19.1 Å². The van der Waals surface area contributed by atoms with E-state index in [-0.39, 0.29) is 42.5 Å². The second kappa shape index (κ2) is 12.2. The summed E-state index contributed by atoms with van der Waals surface area (Å²) >= 11 is 0. The van der Waals surface area contributed by atoms with Crippen LogP contribution >= 0.6 is 0 Å². The Morgan fingerprint density at radius 1 is 1.06 bits per heavy atom. The summed E-state index contributed by atoms with van der Waals surface area (Å²) in [7, 11) is 0. The average Bonchev–Trinajstić information content (AvgIpc) is 2.87. The fourth-order valence-corrected chi connectivity index (χ4v) is 3.80. The zero-order chi connectivity index (χ0) is 24.5. The first kappa shape index (κ1) is 25.2. The first-order chi connectivity index (χ1) is 16.3. The summed E-state index contributed by atoms with van der Waals surface area (Å²) in [5.41, 5.74) is 7.92. The number of amides is 3. The van der Waals surface area contributed by atoms with Crippen LogP contribution < -0.4 is 27.0 Å². The second-order valence-corrected chi connectivity index (χ2v) is 8.64. The third-order valence-corrected chi connectivity index (χ3v) is 5.83. The van der Waals surface area contributed by atoms with Gasteiger partial charge in [0.15, 0.2) is 0 Å². The zero-order valence-electron chi connectivity index (χ0n) is 19.3. The number of hydrogen-bond acceptors (Lipinski definition) is 6. The maximum absolute atomic E-state index is 12.9. The summed E-state index contributed by atoms with van der Waals surface area (Å²) in [6, 6.07) is 14.2. The first-order valence-electron chi connectivity index (χ1n) is 11.5. The van der Waals surface area contributed by atoms with Crippen LogP contribution in [0.3, 0.4) is 0 Å². The van der Waals surface area contributed by atoms with E-state index < -0.39 is 18.1 Å². The van der Waals surface area contributed by atoms with Crippen molar-refractivity contribution in [2.45, 2.75) is 50.4 Å². The highest BCUT2D eigenvalue weighted by Crippen LogP contribution is 2.11. The van der Waals surface area contributed by atoms with Crippen LogP contribution in [0.1, 0.15) is 24.5 Å². The molecule has 1 heterocycles. The number of carbonyl (C=O) groups is 3. The summed E-state index contributed by atoms with van der Waals surface area (Å²) in [4.78, 5) is 37.8. The van der Waals surface area contributed by atoms with Crippen LogP contribution in [-0.2, 0) is 27.2 Å². The molecule has 2 aromatic rings. The molecule has 3 rings (SSSR count). The SMILES string of the molecule is C[C@@H]1NC[C@H](Cc2ccccc2)NC(=O)[C@@H](CCNC(=O)[C@@H](N)Cc2ccc(O)cc2)NC1=O. The predicted molar refractivity (Wildman–Crippen MR) is 129 cm³/mol. The van der Waals surface area contributed by atoms with Gasteiger partial charge >= 0.3 is 0 Å². The molecule has 9 nitrogen and oxygen atoms in total. The van der Waals surface area contributed by atoms with Gasteiger partial charge in [-0.15, -0.1) is 0 Å². The van der Waals surface area contributed by atoms with E-state index in [2.05, 4.69) is 21.3 Å². The van der Waals surface area contributed by atoms with Crippen molar-refractivity contribution in [2.75, 3.05) is 13.1 Å². The highest BCUT2D eigenvalue weighted by molar-refractivity contribution is 5.90. The van der Waals surface area contributed by atoms with Crippen molar-refractivity contribution >= 4 is 17.7 Å². The molecule has 0 aromatic heterocycles. The number of benzene rings is 2. The molecule has 0 saturated carbocycles. The van der Waals surface area contributed by atoms with Crippen molar-refractivity contribution in [2.24, 2.45) is 5.73 Å². The largest absolute Gasteiger partial charge is 0.508 e. The number of nitrogens with one attached hydrogen (secondary N) is 4. The molecular formula is C25H33N5O4. The van der Waals surface area contributed by atoms with Gasteiger partial charge in [0.1, 0.15) is 11.8 Å². The van der Waals surface area contributed by atoms with Crippen molar-refractivity contribution in [1.82, 2.24) is 21.3 Å². The summed E-state index contributed by atoms with van der Waals surface area (Å²) < 4.78 is 0. The van der Waals surface area contributed by atoms with E-state index in [9.17, 15) is 19.5 Å². The van der Waals surface area contributed by atoms with Crippen molar-refractivity contribution in [3.8, 4) is 5.75 Å². The molecule has 2 aromatic carbocycles. The summed E-state index contributed by atoms with van der Waals surface area (Å²) in [5, 5.41) is 21.1. The zero-order valence-corrected chi connectivity index (χ0v) is 19.3. The van der Waals surface area contributed by atoms with Gasteiger partial charge in [-0.2, -0.15) is 0 Å². The van der Waals surface area contributed by atoms with Gasteiger partial charge in [-0.1, -0.05) is 42.5 Å². The van der Waals surface area contributed by atoms with E-state index in [1.807, 2.05) is 30.3 Å². The summed E-state index contributed by atoms with van der Waals surface area (Å²) in [5.74, 6) is -0.754. The van der Waals surface area contributed by atoms with Gasteiger partial charge in [-0.05, 0) is 49.4 Å². The van der Waals surface area contributed by atoms with Crippen molar-refractivity contribution in [3.63, 3.8) is 0 Å². The van der Waals surface area contributed by atoms with Crippen LogP contribution in [-0.4, -0.2) is 60.1 Å². The highest BCUT2D eigenvalue weighted by atomic mass is 16.3. The Kier molecular flexibility index (Phi) is 9.00. The van der Waals surface area contributed by atoms with Gasteiger partial charge in [-0.3, -0.25) is 14.4 Å². The lowest BCUT2D eigenvalue weighted by atomic mass is 10.0. The minimum absolute atomic E-state index is 0.146. The topological polar surface area (TPSA) is 146 Å². The van der Waals surface area contributed by atoms with Crippen molar-refractivity contribution < 1.29 is 19.5 Å². The monoisotopic (exact) mass is 467 g/mol. The molecule has 9 heteroatoms. The van der Waals surface area contributed by atoms with E-state index in [4.69, 9.17) is 5.73 Å². The van der Waals surface area contributed by atoms with E-state index in [1.165, 1.54) is 0 Å². The van der Waals surface area contributed by atoms with Crippen LogP contribution in [0.2, 0.25) is 0 Å². The first-order valence-corrected chi connectivity index (χ1v) is 11.5. The van der Waals surface area contributed by atoms with Gasteiger partial charge in [0.25, 0.3) is 0 Å². The lowest BCUT2D eigenvalue weighted by molar-refractivity contribution is -0.129.